The van der Waals surface area contributed by atoms with Gasteiger partial charge in [-0.3, -0.25) is 0 Å². The van der Waals surface area contributed by atoms with Gasteiger partial charge in [0.05, 0.1) is 5.56 Å². The molecular formula is C16H11F3O2. The fourth-order valence-corrected chi connectivity index (χ4v) is 1.65. The van der Waals surface area contributed by atoms with Gasteiger partial charge in [0.1, 0.15) is 24.8 Å². The Bertz CT molecular complexity index is 702. The van der Waals surface area contributed by atoms with Gasteiger partial charge in [-0.1, -0.05) is 17.9 Å². The van der Waals surface area contributed by atoms with Gasteiger partial charge in [-0.2, -0.15) is 0 Å². The zero-order chi connectivity index (χ0) is 15.2. The molecule has 2 nitrogen and oxygen atoms in total. The fraction of sp³-hybridized carbons (Fsp3) is 0.125. The SMILES string of the molecule is OCC#Cc1cc(COc2ccc(F)cc2F)ccc1F. The summed E-state index contributed by atoms with van der Waals surface area (Å²) in [5, 5.41) is 8.60. The van der Waals surface area contributed by atoms with Crippen molar-refractivity contribution < 1.29 is 23.0 Å². The summed E-state index contributed by atoms with van der Waals surface area (Å²) in [4.78, 5) is 0. The first-order chi connectivity index (χ1) is 10.1. The van der Waals surface area contributed by atoms with Crippen molar-refractivity contribution in [3.63, 3.8) is 0 Å². The molecule has 0 radical (unpaired) electrons. The summed E-state index contributed by atoms with van der Waals surface area (Å²) in [5.41, 5.74) is 0.687. The monoisotopic (exact) mass is 292 g/mol. The Morgan fingerprint density at radius 1 is 1.00 bits per heavy atom. The van der Waals surface area contributed by atoms with E-state index in [4.69, 9.17) is 9.84 Å². The smallest absolute Gasteiger partial charge is 0.167 e. The standard InChI is InChI=1S/C16H11F3O2/c17-13-4-6-16(15(19)9-13)21-10-11-3-5-14(18)12(8-11)2-1-7-20/h3-6,8-9,20H,7,10H2. The van der Waals surface area contributed by atoms with Crippen LogP contribution in [0.2, 0.25) is 0 Å². The molecule has 0 aliphatic rings. The van der Waals surface area contributed by atoms with Crippen molar-refractivity contribution in [2.45, 2.75) is 6.61 Å². The van der Waals surface area contributed by atoms with Crippen molar-refractivity contribution in [1.29, 1.82) is 0 Å². The molecule has 2 rings (SSSR count). The Morgan fingerprint density at radius 2 is 1.81 bits per heavy atom. The Hall–Kier alpha value is -2.45. The van der Waals surface area contributed by atoms with Crippen molar-refractivity contribution in [2.24, 2.45) is 0 Å². The molecule has 0 aliphatic heterocycles. The van der Waals surface area contributed by atoms with E-state index in [-0.39, 0.29) is 24.5 Å². The van der Waals surface area contributed by atoms with Gasteiger partial charge in [-0.05, 0) is 29.8 Å². The van der Waals surface area contributed by atoms with E-state index in [0.29, 0.717) is 5.56 Å². The van der Waals surface area contributed by atoms with Crippen LogP contribution in [0.15, 0.2) is 36.4 Å². The van der Waals surface area contributed by atoms with Crippen LogP contribution in [0.5, 0.6) is 5.75 Å². The van der Waals surface area contributed by atoms with E-state index >= 15 is 0 Å². The second-order valence-corrected chi connectivity index (χ2v) is 4.14. The maximum atomic E-state index is 13.4. The third-order valence-corrected chi connectivity index (χ3v) is 2.62. The summed E-state index contributed by atoms with van der Waals surface area (Å²) in [6, 6.07) is 7.11. The van der Waals surface area contributed by atoms with E-state index in [9.17, 15) is 13.2 Å². The Labute approximate surface area is 119 Å². The molecule has 0 bridgehead atoms. The lowest BCUT2D eigenvalue weighted by Crippen LogP contribution is -1.99. The van der Waals surface area contributed by atoms with E-state index in [1.165, 1.54) is 24.3 Å². The summed E-state index contributed by atoms with van der Waals surface area (Å²) in [6.45, 7) is -0.391. The number of aliphatic hydroxyl groups excluding tert-OH is 1. The van der Waals surface area contributed by atoms with Gasteiger partial charge in [-0.25, -0.2) is 13.2 Å². The van der Waals surface area contributed by atoms with E-state index in [1.54, 1.807) is 0 Å². The highest BCUT2D eigenvalue weighted by molar-refractivity contribution is 5.38. The van der Waals surface area contributed by atoms with Gasteiger partial charge in [0.2, 0.25) is 0 Å². The highest BCUT2D eigenvalue weighted by atomic mass is 19.1. The maximum Gasteiger partial charge on any atom is 0.167 e. The predicted molar refractivity (Wildman–Crippen MR) is 71.1 cm³/mol. The third-order valence-electron chi connectivity index (χ3n) is 2.62. The third kappa shape index (κ3) is 4.01. The Kier molecular flexibility index (Phi) is 4.85. The van der Waals surface area contributed by atoms with Crippen molar-refractivity contribution in [2.75, 3.05) is 6.61 Å². The molecule has 5 heteroatoms. The quantitative estimate of drug-likeness (QED) is 0.881. The fourth-order valence-electron chi connectivity index (χ4n) is 1.65. The van der Waals surface area contributed by atoms with Crippen LogP contribution in [0.1, 0.15) is 11.1 Å². The molecule has 1 N–H and O–H groups in total. The minimum atomic E-state index is -0.808. The van der Waals surface area contributed by atoms with Crippen LogP contribution in [-0.4, -0.2) is 11.7 Å². The maximum absolute atomic E-state index is 13.4. The van der Waals surface area contributed by atoms with E-state index in [2.05, 4.69) is 11.8 Å². The number of rotatable bonds is 3. The van der Waals surface area contributed by atoms with Crippen LogP contribution in [0.3, 0.4) is 0 Å². The lowest BCUT2D eigenvalue weighted by atomic mass is 10.1. The van der Waals surface area contributed by atoms with Gasteiger partial charge in [0.25, 0.3) is 0 Å². The van der Waals surface area contributed by atoms with Gasteiger partial charge in [-0.15, -0.1) is 0 Å². The average molecular weight is 292 g/mol. The van der Waals surface area contributed by atoms with Crippen LogP contribution in [0.25, 0.3) is 0 Å². The van der Waals surface area contributed by atoms with E-state index in [1.807, 2.05) is 0 Å². The molecule has 0 aromatic heterocycles. The second-order valence-electron chi connectivity index (χ2n) is 4.14. The first kappa shape index (κ1) is 14.9. The first-order valence-electron chi connectivity index (χ1n) is 6.06. The zero-order valence-corrected chi connectivity index (χ0v) is 10.9. The minimum absolute atomic E-state index is 0.0172. The molecule has 0 saturated carbocycles. The molecule has 0 atom stereocenters. The second kappa shape index (κ2) is 6.82. The van der Waals surface area contributed by atoms with Crippen LogP contribution in [0.4, 0.5) is 13.2 Å². The first-order valence-corrected chi connectivity index (χ1v) is 6.06. The van der Waals surface area contributed by atoms with Crippen LogP contribution >= 0.6 is 0 Å². The summed E-state index contributed by atoms with van der Waals surface area (Å²) in [7, 11) is 0. The Balaban J connectivity index is 2.13. The summed E-state index contributed by atoms with van der Waals surface area (Å²) >= 11 is 0. The number of benzene rings is 2. The van der Waals surface area contributed by atoms with Gasteiger partial charge < -0.3 is 9.84 Å². The molecule has 2 aromatic carbocycles. The van der Waals surface area contributed by atoms with Gasteiger partial charge in [0, 0.05) is 6.07 Å². The lowest BCUT2D eigenvalue weighted by Gasteiger charge is -2.08. The largest absolute Gasteiger partial charge is 0.486 e. The van der Waals surface area contributed by atoms with Crippen molar-refractivity contribution >= 4 is 0 Å². The molecule has 0 spiro atoms. The predicted octanol–water partition coefficient (Wildman–Crippen LogP) is 3.03. The molecule has 0 heterocycles. The molecule has 0 saturated heterocycles. The van der Waals surface area contributed by atoms with E-state index < -0.39 is 17.5 Å². The molecule has 0 amide bonds. The average Bonchev–Trinajstić information content (AvgIpc) is 2.46. The topological polar surface area (TPSA) is 29.5 Å². The van der Waals surface area contributed by atoms with Crippen LogP contribution < -0.4 is 4.74 Å². The normalized spacial score (nSPS) is 9.90. The number of ether oxygens (including phenoxy) is 1. The number of hydrogen-bond acceptors (Lipinski definition) is 2. The number of halogens is 3. The molecule has 0 aliphatic carbocycles. The summed E-state index contributed by atoms with van der Waals surface area (Å²) in [5.74, 6) is 2.70. The molecule has 21 heavy (non-hydrogen) atoms. The molecular weight excluding hydrogens is 281 g/mol. The summed E-state index contributed by atoms with van der Waals surface area (Å²) < 4.78 is 44.8. The number of aliphatic hydroxyl groups is 1. The highest BCUT2D eigenvalue weighted by Crippen LogP contribution is 2.19. The molecule has 108 valence electrons. The van der Waals surface area contributed by atoms with Crippen LogP contribution in [-0.2, 0) is 6.61 Å². The van der Waals surface area contributed by atoms with Gasteiger partial charge >= 0.3 is 0 Å². The molecule has 0 fully saturated rings. The summed E-state index contributed by atoms with van der Waals surface area (Å²) in [6.07, 6.45) is 0. The molecule has 2 aromatic rings. The van der Waals surface area contributed by atoms with Gasteiger partial charge in [0.15, 0.2) is 11.6 Å². The highest BCUT2D eigenvalue weighted by Gasteiger charge is 2.06. The molecule has 0 unspecified atom stereocenters. The van der Waals surface area contributed by atoms with Crippen LogP contribution in [0, 0.1) is 29.3 Å². The van der Waals surface area contributed by atoms with Crippen molar-refractivity contribution in [3.05, 3.63) is 65.0 Å². The lowest BCUT2D eigenvalue weighted by molar-refractivity contribution is 0.289. The van der Waals surface area contributed by atoms with E-state index in [0.717, 1.165) is 12.1 Å². The zero-order valence-electron chi connectivity index (χ0n) is 10.9. The van der Waals surface area contributed by atoms with Crippen molar-refractivity contribution in [1.82, 2.24) is 0 Å². The van der Waals surface area contributed by atoms with Crippen molar-refractivity contribution in [3.8, 4) is 17.6 Å². The number of hydrogen-bond donors (Lipinski definition) is 1. The minimum Gasteiger partial charge on any atom is -0.486 e. The Morgan fingerprint density at radius 3 is 2.52 bits per heavy atom.